The molecule has 0 aliphatic carbocycles. The van der Waals surface area contributed by atoms with E-state index in [9.17, 15) is 9.18 Å². The fraction of sp³-hybridized carbons (Fsp3) is 0.0690. The highest BCUT2D eigenvalue weighted by Crippen LogP contribution is 2.26. The Morgan fingerprint density at radius 1 is 1.03 bits per heavy atom. The van der Waals surface area contributed by atoms with Gasteiger partial charge >= 0.3 is 0 Å². The minimum atomic E-state index is -0.539. The van der Waals surface area contributed by atoms with Crippen molar-refractivity contribution < 1.29 is 13.9 Å². The van der Waals surface area contributed by atoms with Crippen molar-refractivity contribution in [1.29, 1.82) is 0 Å². The van der Waals surface area contributed by atoms with Gasteiger partial charge in [0.2, 0.25) is 5.91 Å². The lowest BCUT2D eigenvalue weighted by atomic mass is 10.1. The van der Waals surface area contributed by atoms with Crippen molar-refractivity contribution in [3.05, 3.63) is 126 Å². The van der Waals surface area contributed by atoms with Crippen molar-refractivity contribution in [3.8, 4) is 11.5 Å². The van der Waals surface area contributed by atoms with E-state index in [1.165, 1.54) is 24.4 Å². The van der Waals surface area contributed by atoms with Crippen LogP contribution < -0.4 is 10.1 Å². The van der Waals surface area contributed by atoms with Gasteiger partial charge in [-0.3, -0.25) is 9.78 Å². The SMILES string of the molecule is Cn1c(C(NC(=O)/C=C/c2ccc(Oc3cccnc3)c(F)c2)c2ccccc2)nc2ccccc21. The predicted molar refractivity (Wildman–Crippen MR) is 137 cm³/mol. The third-order valence-corrected chi connectivity index (χ3v) is 5.74. The Labute approximate surface area is 207 Å². The van der Waals surface area contributed by atoms with Crippen LogP contribution in [0.2, 0.25) is 0 Å². The average Bonchev–Trinajstić information content (AvgIpc) is 3.25. The third kappa shape index (κ3) is 5.00. The summed E-state index contributed by atoms with van der Waals surface area (Å²) in [7, 11) is 1.93. The van der Waals surface area contributed by atoms with E-state index in [-0.39, 0.29) is 11.7 Å². The number of para-hydroxylation sites is 2. The Balaban J connectivity index is 1.36. The van der Waals surface area contributed by atoms with E-state index in [2.05, 4.69) is 10.3 Å². The first-order valence-electron chi connectivity index (χ1n) is 11.4. The molecule has 5 rings (SSSR count). The van der Waals surface area contributed by atoms with E-state index in [4.69, 9.17) is 9.72 Å². The number of nitrogens with one attached hydrogen (secondary N) is 1. The molecule has 3 aromatic carbocycles. The highest BCUT2D eigenvalue weighted by molar-refractivity contribution is 5.92. The molecule has 0 radical (unpaired) electrons. The Morgan fingerprint density at radius 2 is 1.83 bits per heavy atom. The van der Waals surface area contributed by atoms with Gasteiger partial charge in [0.1, 0.15) is 17.6 Å². The molecule has 6 nitrogen and oxygen atoms in total. The molecule has 1 amide bonds. The molecule has 0 aliphatic heterocycles. The Hall–Kier alpha value is -4.78. The van der Waals surface area contributed by atoms with Gasteiger partial charge in [-0.25, -0.2) is 9.37 Å². The number of nitrogens with zero attached hydrogens (tertiary/aromatic N) is 3. The fourth-order valence-corrected chi connectivity index (χ4v) is 3.97. The monoisotopic (exact) mass is 478 g/mol. The molecule has 5 aromatic rings. The summed E-state index contributed by atoms with van der Waals surface area (Å²) in [6.07, 6.45) is 6.06. The van der Waals surface area contributed by atoms with Gasteiger partial charge in [-0.05, 0) is 53.6 Å². The minimum Gasteiger partial charge on any atom is -0.453 e. The van der Waals surface area contributed by atoms with Crippen LogP contribution in [0.1, 0.15) is 23.0 Å². The van der Waals surface area contributed by atoms with Crippen molar-refractivity contribution in [3.63, 3.8) is 0 Å². The molecule has 2 aromatic heterocycles. The summed E-state index contributed by atoms with van der Waals surface area (Å²) in [5, 5.41) is 3.05. The second kappa shape index (κ2) is 10.2. The second-order valence-corrected chi connectivity index (χ2v) is 8.18. The summed E-state index contributed by atoms with van der Waals surface area (Å²) in [6.45, 7) is 0. The molecule has 1 unspecified atom stereocenters. The first kappa shape index (κ1) is 23.0. The molecule has 0 saturated carbocycles. The molecule has 0 spiro atoms. The van der Waals surface area contributed by atoms with Gasteiger partial charge in [0.25, 0.3) is 0 Å². The number of hydrogen-bond donors (Lipinski definition) is 1. The number of fused-ring (bicyclic) bond motifs is 1. The van der Waals surface area contributed by atoms with Gasteiger partial charge in [0.05, 0.1) is 17.2 Å². The zero-order valence-corrected chi connectivity index (χ0v) is 19.5. The lowest BCUT2D eigenvalue weighted by Gasteiger charge is -2.18. The molecule has 0 aliphatic rings. The normalized spacial score (nSPS) is 12.1. The van der Waals surface area contributed by atoms with Crippen LogP contribution in [-0.2, 0) is 11.8 Å². The van der Waals surface area contributed by atoms with Gasteiger partial charge in [0, 0.05) is 19.3 Å². The van der Waals surface area contributed by atoms with Crippen LogP contribution in [0, 0.1) is 5.82 Å². The van der Waals surface area contributed by atoms with Crippen LogP contribution in [0.3, 0.4) is 0 Å². The number of pyridine rings is 1. The molecule has 2 heterocycles. The average molecular weight is 479 g/mol. The lowest BCUT2D eigenvalue weighted by Crippen LogP contribution is -2.29. The van der Waals surface area contributed by atoms with Crippen molar-refractivity contribution in [1.82, 2.24) is 19.9 Å². The maximum Gasteiger partial charge on any atom is 0.244 e. The lowest BCUT2D eigenvalue weighted by molar-refractivity contribution is -0.117. The zero-order chi connectivity index (χ0) is 24.9. The summed E-state index contributed by atoms with van der Waals surface area (Å²) in [4.78, 5) is 21.7. The number of aryl methyl sites for hydroxylation is 1. The van der Waals surface area contributed by atoms with Crippen LogP contribution in [0.5, 0.6) is 11.5 Å². The number of carbonyl (C=O) groups excluding carboxylic acids is 1. The number of amides is 1. The van der Waals surface area contributed by atoms with Crippen LogP contribution in [-0.4, -0.2) is 20.4 Å². The Morgan fingerprint density at radius 3 is 2.58 bits per heavy atom. The fourth-order valence-electron chi connectivity index (χ4n) is 3.97. The first-order valence-corrected chi connectivity index (χ1v) is 11.4. The smallest absolute Gasteiger partial charge is 0.244 e. The summed E-state index contributed by atoms with van der Waals surface area (Å²) >= 11 is 0. The summed E-state index contributed by atoms with van der Waals surface area (Å²) in [5.41, 5.74) is 3.26. The highest BCUT2D eigenvalue weighted by atomic mass is 19.1. The van der Waals surface area contributed by atoms with Crippen molar-refractivity contribution in [2.75, 3.05) is 0 Å². The van der Waals surface area contributed by atoms with Gasteiger partial charge in [-0.2, -0.15) is 0 Å². The quantitative estimate of drug-likeness (QED) is 0.299. The van der Waals surface area contributed by atoms with Gasteiger partial charge in [-0.15, -0.1) is 0 Å². The van der Waals surface area contributed by atoms with Crippen LogP contribution in [0.4, 0.5) is 4.39 Å². The number of carbonyl (C=O) groups is 1. The van der Waals surface area contributed by atoms with Gasteiger partial charge in [-0.1, -0.05) is 48.5 Å². The number of benzene rings is 3. The Kier molecular flexibility index (Phi) is 6.53. The van der Waals surface area contributed by atoms with E-state index in [0.717, 1.165) is 16.6 Å². The number of hydrogen-bond acceptors (Lipinski definition) is 4. The van der Waals surface area contributed by atoms with E-state index < -0.39 is 11.9 Å². The molecular formula is C29H23FN4O2. The molecule has 0 saturated heterocycles. The topological polar surface area (TPSA) is 69.0 Å². The van der Waals surface area contributed by atoms with Crippen LogP contribution in [0.25, 0.3) is 17.1 Å². The Bertz CT molecular complexity index is 1530. The number of rotatable bonds is 7. The zero-order valence-electron chi connectivity index (χ0n) is 19.5. The molecule has 7 heteroatoms. The first-order chi connectivity index (χ1) is 17.6. The minimum absolute atomic E-state index is 0.0793. The van der Waals surface area contributed by atoms with Crippen LogP contribution in [0.15, 0.2) is 103 Å². The summed E-state index contributed by atoms with van der Waals surface area (Å²) < 4.78 is 22.1. The molecule has 0 bridgehead atoms. The summed E-state index contributed by atoms with van der Waals surface area (Å²) in [5.74, 6) is 0.367. The highest BCUT2D eigenvalue weighted by Gasteiger charge is 2.22. The number of halogens is 1. The van der Waals surface area contributed by atoms with E-state index in [1.54, 1.807) is 30.5 Å². The van der Waals surface area contributed by atoms with Gasteiger partial charge < -0.3 is 14.6 Å². The second-order valence-electron chi connectivity index (χ2n) is 8.18. The molecule has 1 N–H and O–H groups in total. The molecule has 1 atom stereocenters. The molecule has 36 heavy (non-hydrogen) atoms. The van der Waals surface area contributed by atoms with Crippen molar-refractivity contribution in [2.45, 2.75) is 6.04 Å². The summed E-state index contributed by atoms with van der Waals surface area (Å²) in [6, 6.07) is 24.9. The third-order valence-electron chi connectivity index (χ3n) is 5.74. The standard InChI is InChI=1S/C29H23FN4O2/c1-34-25-12-6-5-11-24(25)32-29(34)28(21-8-3-2-4-9-21)33-27(35)16-14-20-13-15-26(23(30)18-20)36-22-10-7-17-31-19-22/h2-19,28H,1H3,(H,33,35)/b16-14+. The van der Waals surface area contributed by atoms with E-state index >= 15 is 0 Å². The van der Waals surface area contributed by atoms with Crippen molar-refractivity contribution in [2.24, 2.45) is 7.05 Å². The maximum absolute atomic E-state index is 14.6. The number of ether oxygens (including phenoxy) is 1. The van der Waals surface area contributed by atoms with Crippen molar-refractivity contribution >= 4 is 23.0 Å². The van der Waals surface area contributed by atoms with E-state index in [1.807, 2.05) is 66.2 Å². The maximum atomic E-state index is 14.6. The van der Waals surface area contributed by atoms with Gasteiger partial charge in [0.15, 0.2) is 11.6 Å². The molecular weight excluding hydrogens is 455 g/mol. The predicted octanol–water partition coefficient (Wildman–Crippen LogP) is 5.82. The van der Waals surface area contributed by atoms with E-state index in [0.29, 0.717) is 17.1 Å². The number of aromatic nitrogens is 3. The number of imidazole rings is 1. The van der Waals surface area contributed by atoms with Crippen LogP contribution >= 0.6 is 0 Å². The largest absolute Gasteiger partial charge is 0.453 e. The molecule has 0 fully saturated rings. The molecule has 178 valence electrons.